The Morgan fingerprint density at radius 3 is 1.75 bits per heavy atom. The van der Waals surface area contributed by atoms with E-state index in [2.05, 4.69) is 0 Å². The van der Waals surface area contributed by atoms with E-state index in [-0.39, 0.29) is 11.1 Å². The van der Waals surface area contributed by atoms with E-state index < -0.39 is 17.4 Å². The molecule has 0 spiro atoms. The molecule has 0 heterocycles. The maximum absolute atomic E-state index is 11.3. The lowest BCUT2D eigenvalue weighted by molar-refractivity contribution is 0.0692. The molecule has 5 nitrogen and oxygen atoms in total. The minimum Gasteiger partial charge on any atom is -0.508 e. The highest BCUT2D eigenvalue weighted by atomic mass is 16.4. The summed E-state index contributed by atoms with van der Waals surface area (Å²) in [5.74, 6) is -1.87. The van der Waals surface area contributed by atoms with Crippen molar-refractivity contribution in [3.8, 4) is 5.75 Å². The Labute approximate surface area is 141 Å². The summed E-state index contributed by atoms with van der Waals surface area (Å²) in [6.45, 7) is 7.09. The first kappa shape index (κ1) is 19.2. The van der Waals surface area contributed by atoms with Gasteiger partial charge in [-0.25, -0.2) is 9.59 Å². The van der Waals surface area contributed by atoms with Crippen molar-refractivity contribution >= 4 is 11.9 Å². The van der Waals surface area contributed by atoms with Gasteiger partial charge in [-0.1, -0.05) is 45.0 Å². The van der Waals surface area contributed by atoms with Gasteiger partial charge >= 0.3 is 11.9 Å². The molecule has 0 aliphatic carbocycles. The zero-order valence-corrected chi connectivity index (χ0v) is 14.2. The fourth-order valence-electron chi connectivity index (χ4n) is 2.37. The van der Waals surface area contributed by atoms with Crippen LogP contribution in [0.4, 0.5) is 0 Å². The third-order valence-corrected chi connectivity index (χ3v) is 3.36. The van der Waals surface area contributed by atoms with E-state index in [9.17, 15) is 14.7 Å². The van der Waals surface area contributed by atoms with Crippen LogP contribution in [0.5, 0.6) is 5.75 Å². The summed E-state index contributed by atoms with van der Waals surface area (Å²) in [6.07, 6.45) is 0. The maximum atomic E-state index is 11.3. The number of phenols is 1. The van der Waals surface area contributed by atoms with Crippen molar-refractivity contribution in [2.45, 2.75) is 33.1 Å². The number of benzene rings is 2. The van der Waals surface area contributed by atoms with Gasteiger partial charge in [-0.2, -0.15) is 0 Å². The molecule has 0 unspecified atom stereocenters. The molecule has 0 aliphatic rings. The third-order valence-electron chi connectivity index (χ3n) is 3.36. The fraction of sp³-hybridized carbons (Fsp3) is 0.263. The van der Waals surface area contributed by atoms with Crippen LogP contribution in [-0.4, -0.2) is 27.3 Å². The van der Waals surface area contributed by atoms with Crippen molar-refractivity contribution in [3.63, 3.8) is 0 Å². The van der Waals surface area contributed by atoms with Crippen LogP contribution in [0, 0.1) is 6.92 Å². The number of aryl methyl sites for hydroxylation is 1. The van der Waals surface area contributed by atoms with Crippen LogP contribution in [0.15, 0.2) is 42.5 Å². The molecule has 0 aromatic heterocycles. The number of carbonyl (C=O) groups is 2. The number of rotatable bonds is 2. The number of aromatic carboxylic acids is 2. The lowest BCUT2D eigenvalue weighted by Gasteiger charge is -2.24. The van der Waals surface area contributed by atoms with Gasteiger partial charge < -0.3 is 15.3 Å². The highest BCUT2D eigenvalue weighted by Gasteiger charge is 2.28. The molecular formula is C19H22O5. The molecule has 0 saturated heterocycles. The Balaban J connectivity index is 0.000000341. The second kappa shape index (κ2) is 7.64. The average Bonchev–Trinajstić information content (AvgIpc) is 2.46. The quantitative estimate of drug-likeness (QED) is 0.771. The smallest absolute Gasteiger partial charge is 0.336 e. The molecule has 2 aromatic carbocycles. The van der Waals surface area contributed by atoms with E-state index in [0.717, 1.165) is 0 Å². The van der Waals surface area contributed by atoms with Crippen molar-refractivity contribution in [2.24, 2.45) is 0 Å². The van der Waals surface area contributed by atoms with Gasteiger partial charge in [0.1, 0.15) is 5.75 Å². The van der Waals surface area contributed by atoms with Crippen molar-refractivity contribution in [1.82, 2.24) is 0 Å². The van der Waals surface area contributed by atoms with Crippen LogP contribution in [0.2, 0.25) is 0 Å². The zero-order valence-electron chi connectivity index (χ0n) is 14.2. The molecule has 24 heavy (non-hydrogen) atoms. The Morgan fingerprint density at radius 1 is 0.875 bits per heavy atom. The minimum absolute atomic E-state index is 0.0560. The van der Waals surface area contributed by atoms with Gasteiger partial charge in [-0.3, -0.25) is 0 Å². The van der Waals surface area contributed by atoms with Gasteiger partial charge in [-0.15, -0.1) is 0 Å². The average molecular weight is 330 g/mol. The monoisotopic (exact) mass is 330 g/mol. The SMILES string of the molecule is Cc1ccc(C(=O)O)c(C(C)(C)C)c1C(=O)O.Oc1ccccc1. The number of aromatic hydroxyl groups is 1. The van der Waals surface area contributed by atoms with E-state index in [1.807, 2.05) is 6.07 Å². The molecule has 0 aliphatic heterocycles. The number of hydrogen-bond donors (Lipinski definition) is 3. The third kappa shape index (κ3) is 4.84. The number of carboxylic acids is 2. The topological polar surface area (TPSA) is 94.8 Å². The Bertz CT molecular complexity index is 727. The first-order chi connectivity index (χ1) is 11.1. The molecule has 2 rings (SSSR count). The van der Waals surface area contributed by atoms with Gasteiger partial charge in [-0.05, 0) is 41.7 Å². The predicted octanol–water partition coefficient (Wildman–Crippen LogP) is 4.08. The summed E-state index contributed by atoms with van der Waals surface area (Å²) in [4.78, 5) is 22.4. The van der Waals surface area contributed by atoms with Gasteiger partial charge in [0.15, 0.2) is 0 Å². The van der Waals surface area contributed by atoms with Crippen LogP contribution < -0.4 is 0 Å². The van der Waals surface area contributed by atoms with Crippen LogP contribution in [0.3, 0.4) is 0 Å². The molecule has 3 N–H and O–H groups in total. The standard InChI is InChI=1S/C13H16O4.C6H6O/c1-7-5-6-8(11(14)15)10(13(2,3)4)9(7)12(16)17;7-6-4-2-1-3-5-6/h5-6H,1-4H3,(H,14,15)(H,16,17);1-5,7H. The summed E-state index contributed by atoms with van der Waals surface area (Å²) in [5.41, 5.74) is 0.566. The molecule has 0 atom stereocenters. The normalized spacial score (nSPS) is 10.5. The molecular weight excluding hydrogens is 308 g/mol. The van der Waals surface area contributed by atoms with E-state index in [0.29, 0.717) is 16.9 Å². The lowest BCUT2D eigenvalue weighted by Crippen LogP contribution is -2.22. The molecule has 128 valence electrons. The lowest BCUT2D eigenvalue weighted by atomic mass is 9.79. The van der Waals surface area contributed by atoms with Crippen molar-refractivity contribution in [3.05, 3.63) is 64.7 Å². The van der Waals surface area contributed by atoms with Gasteiger partial charge in [0, 0.05) is 0 Å². The number of hydrogen-bond acceptors (Lipinski definition) is 3. The van der Waals surface area contributed by atoms with Gasteiger partial charge in [0.25, 0.3) is 0 Å². The highest BCUT2D eigenvalue weighted by molar-refractivity contribution is 5.98. The summed E-state index contributed by atoms with van der Waals surface area (Å²) in [7, 11) is 0. The van der Waals surface area contributed by atoms with E-state index >= 15 is 0 Å². The highest BCUT2D eigenvalue weighted by Crippen LogP contribution is 2.31. The van der Waals surface area contributed by atoms with Crippen molar-refractivity contribution < 1.29 is 24.9 Å². The molecule has 0 amide bonds. The van der Waals surface area contributed by atoms with Crippen molar-refractivity contribution in [1.29, 1.82) is 0 Å². The zero-order chi connectivity index (χ0) is 18.5. The summed E-state index contributed by atoms with van der Waals surface area (Å²) < 4.78 is 0. The molecule has 0 fully saturated rings. The second-order valence-electron chi connectivity index (χ2n) is 6.38. The second-order valence-corrected chi connectivity index (χ2v) is 6.38. The molecule has 0 saturated carbocycles. The number of para-hydroxylation sites is 1. The van der Waals surface area contributed by atoms with E-state index in [4.69, 9.17) is 10.2 Å². The molecule has 0 bridgehead atoms. The molecule has 5 heteroatoms. The van der Waals surface area contributed by atoms with Crippen LogP contribution in [0.1, 0.15) is 52.6 Å². The van der Waals surface area contributed by atoms with Crippen LogP contribution in [-0.2, 0) is 5.41 Å². The van der Waals surface area contributed by atoms with Crippen LogP contribution >= 0.6 is 0 Å². The van der Waals surface area contributed by atoms with Crippen LogP contribution in [0.25, 0.3) is 0 Å². The minimum atomic E-state index is -1.10. The molecule has 2 aromatic rings. The largest absolute Gasteiger partial charge is 0.508 e. The number of phenolic OH excluding ortho intramolecular Hbond substituents is 1. The Morgan fingerprint density at radius 2 is 1.42 bits per heavy atom. The molecule has 0 radical (unpaired) electrons. The fourth-order valence-corrected chi connectivity index (χ4v) is 2.37. The van der Waals surface area contributed by atoms with Gasteiger partial charge in [0.05, 0.1) is 11.1 Å². The first-order valence-electron chi connectivity index (χ1n) is 7.40. The summed E-state index contributed by atoms with van der Waals surface area (Å²) in [6, 6.07) is 11.7. The van der Waals surface area contributed by atoms with Crippen molar-refractivity contribution in [2.75, 3.05) is 0 Å². The first-order valence-corrected chi connectivity index (χ1v) is 7.40. The Kier molecular flexibility index (Phi) is 6.12. The predicted molar refractivity (Wildman–Crippen MR) is 91.9 cm³/mol. The number of carboxylic acid groups (broad SMARTS) is 2. The van der Waals surface area contributed by atoms with Gasteiger partial charge in [0.2, 0.25) is 0 Å². The van der Waals surface area contributed by atoms with E-state index in [1.54, 1.807) is 52.0 Å². The summed E-state index contributed by atoms with van der Waals surface area (Å²) >= 11 is 0. The maximum Gasteiger partial charge on any atom is 0.336 e. The van der Waals surface area contributed by atoms with E-state index in [1.165, 1.54) is 12.1 Å². The summed E-state index contributed by atoms with van der Waals surface area (Å²) in [5, 5.41) is 27.0. The Hall–Kier alpha value is -2.82.